The molecule has 0 atom stereocenters. The van der Waals surface area contributed by atoms with Gasteiger partial charge in [-0.3, -0.25) is 0 Å². The van der Waals surface area contributed by atoms with E-state index in [0.29, 0.717) is 12.4 Å². The Hall–Kier alpha value is -2.29. The first kappa shape index (κ1) is 22.0. The van der Waals surface area contributed by atoms with Crippen molar-refractivity contribution in [3.63, 3.8) is 0 Å². The summed E-state index contributed by atoms with van der Waals surface area (Å²) in [6.07, 6.45) is 4.92. The summed E-state index contributed by atoms with van der Waals surface area (Å²) in [6.45, 7) is 5.31. The Labute approximate surface area is 183 Å². The molecular weight excluding hydrogens is 465 g/mol. The fourth-order valence-electron chi connectivity index (χ4n) is 2.96. The normalized spacial score (nSPS) is 11.1. The Kier molecular flexibility index (Phi) is 9.06. The predicted octanol–water partition coefficient (Wildman–Crippen LogP) is 3.81. The molecule has 2 aromatic heterocycles. The lowest BCUT2D eigenvalue weighted by molar-refractivity contribution is 0.397. The molecule has 1 aromatic carbocycles. The number of aromatic nitrogens is 2. The van der Waals surface area contributed by atoms with Gasteiger partial charge in [-0.25, -0.2) is 9.98 Å². The number of aryl methyl sites for hydroxylation is 1. The van der Waals surface area contributed by atoms with Crippen LogP contribution in [0, 0.1) is 0 Å². The largest absolute Gasteiger partial charge is 0.481 e. The van der Waals surface area contributed by atoms with Crippen LogP contribution >= 0.6 is 24.0 Å². The SMILES string of the molecule is CCNC(=NCc1ccnc(OC)c1)NCCCn1ccc2ccccc21.I. The first-order valence-electron chi connectivity index (χ1n) is 9.35. The van der Waals surface area contributed by atoms with E-state index in [0.717, 1.165) is 37.6 Å². The number of methoxy groups -OCH3 is 1. The average molecular weight is 493 g/mol. The van der Waals surface area contributed by atoms with Gasteiger partial charge >= 0.3 is 0 Å². The Morgan fingerprint density at radius 2 is 2.04 bits per heavy atom. The van der Waals surface area contributed by atoms with Crippen LogP contribution in [0.15, 0.2) is 59.9 Å². The van der Waals surface area contributed by atoms with Crippen molar-refractivity contribution < 1.29 is 4.74 Å². The van der Waals surface area contributed by atoms with Crippen molar-refractivity contribution in [2.75, 3.05) is 20.2 Å². The molecular formula is C21H28IN5O. The molecule has 7 heteroatoms. The van der Waals surface area contributed by atoms with Crippen molar-refractivity contribution in [1.82, 2.24) is 20.2 Å². The van der Waals surface area contributed by atoms with Gasteiger partial charge in [-0.05, 0) is 42.5 Å². The summed E-state index contributed by atoms with van der Waals surface area (Å²) in [6, 6.07) is 14.5. The molecule has 150 valence electrons. The number of rotatable bonds is 8. The van der Waals surface area contributed by atoms with Crippen LogP contribution in [-0.4, -0.2) is 35.7 Å². The molecule has 6 nitrogen and oxygen atoms in total. The number of aliphatic imine (C=N–C) groups is 1. The second kappa shape index (κ2) is 11.5. The highest BCUT2D eigenvalue weighted by Crippen LogP contribution is 2.15. The summed E-state index contributed by atoms with van der Waals surface area (Å²) in [7, 11) is 1.62. The summed E-state index contributed by atoms with van der Waals surface area (Å²) >= 11 is 0. The molecule has 0 aliphatic rings. The third kappa shape index (κ3) is 6.12. The molecule has 0 spiro atoms. The van der Waals surface area contributed by atoms with Crippen molar-refractivity contribution in [3.8, 4) is 5.88 Å². The van der Waals surface area contributed by atoms with E-state index >= 15 is 0 Å². The average Bonchev–Trinajstić information content (AvgIpc) is 3.12. The monoisotopic (exact) mass is 493 g/mol. The summed E-state index contributed by atoms with van der Waals surface area (Å²) in [4.78, 5) is 8.77. The Morgan fingerprint density at radius 1 is 1.18 bits per heavy atom. The number of fused-ring (bicyclic) bond motifs is 1. The van der Waals surface area contributed by atoms with Gasteiger partial charge < -0.3 is 19.9 Å². The number of hydrogen-bond donors (Lipinski definition) is 2. The minimum atomic E-state index is 0. The maximum atomic E-state index is 5.16. The number of hydrogen-bond acceptors (Lipinski definition) is 3. The van der Waals surface area contributed by atoms with E-state index in [9.17, 15) is 0 Å². The minimum Gasteiger partial charge on any atom is -0.481 e. The van der Waals surface area contributed by atoms with Gasteiger partial charge in [0.15, 0.2) is 5.96 Å². The third-order valence-corrected chi connectivity index (χ3v) is 4.32. The van der Waals surface area contributed by atoms with Crippen molar-refractivity contribution in [1.29, 1.82) is 0 Å². The Bertz CT molecular complexity index is 893. The van der Waals surface area contributed by atoms with Crippen LogP contribution < -0.4 is 15.4 Å². The fraction of sp³-hybridized carbons (Fsp3) is 0.333. The molecule has 0 aliphatic carbocycles. The van der Waals surface area contributed by atoms with Crippen molar-refractivity contribution >= 4 is 40.8 Å². The number of pyridine rings is 1. The van der Waals surface area contributed by atoms with E-state index in [1.165, 1.54) is 10.9 Å². The van der Waals surface area contributed by atoms with E-state index in [-0.39, 0.29) is 24.0 Å². The molecule has 0 aliphatic heterocycles. The van der Waals surface area contributed by atoms with Crippen molar-refractivity contribution in [3.05, 3.63) is 60.4 Å². The molecule has 2 N–H and O–H groups in total. The van der Waals surface area contributed by atoms with Gasteiger partial charge in [0.05, 0.1) is 13.7 Å². The third-order valence-electron chi connectivity index (χ3n) is 4.32. The number of nitrogens with one attached hydrogen (secondary N) is 2. The van der Waals surface area contributed by atoms with Gasteiger partial charge in [-0.15, -0.1) is 24.0 Å². The van der Waals surface area contributed by atoms with Crippen LogP contribution in [0.4, 0.5) is 0 Å². The summed E-state index contributed by atoms with van der Waals surface area (Å²) in [5.41, 5.74) is 2.35. The quantitative estimate of drug-likeness (QED) is 0.217. The number of guanidine groups is 1. The summed E-state index contributed by atoms with van der Waals surface area (Å²) < 4.78 is 7.46. The summed E-state index contributed by atoms with van der Waals surface area (Å²) in [5.74, 6) is 1.44. The maximum absolute atomic E-state index is 5.16. The van der Waals surface area contributed by atoms with Gasteiger partial charge in [0.2, 0.25) is 5.88 Å². The van der Waals surface area contributed by atoms with Crippen molar-refractivity contribution in [2.45, 2.75) is 26.4 Å². The van der Waals surface area contributed by atoms with E-state index in [1.54, 1.807) is 13.3 Å². The van der Waals surface area contributed by atoms with E-state index in [2.05, 4.69) is 68.6 Å². The minimum absolute atomic E-state index is 0. The molecule has 0 saturated carbocycles. The molecule has 3 aromatic rings. The van der Waals surface area contributed by atoms with Gasteiger partial charge in [0, 0.05) is 43.6 Å². The lowest BCUT2D eigenvalue weighted by atomic mass is 10.2. The van der Waals surface area contributed by atoms with Crippen LogP contribution in [0.2, 0.25) is 0 Å². The summed E-state index contributed by atoms with van der Waals surface area (Å²) in [5, 5.41) is 7.98. The van der Waals surface area contributed by atoms with Crippen LogP contribution in [0.3, 0.4) is 0 Å². The fourth-order valence-corrected chi connectivity index (χ4v) is 2.96. The highest BCUT2D eigenvalue weighted by molar-refractivity contribution is 14.0. The van der Waals surface area contributed by atoms with Crippen LogP contribution in [-0.2, 0) is 13.1 Å². The number of nitrogens with zero attached hydrogens (tertiary/aromatic N) is 3. The second-order valence-corrected chi connectivity index (χ2v) is 6.25. The van der Waals surface area contributed by atoms with E-state index in [4.69, 9.17) is 4.74 Å². The van der Waals surface area contributed by atoms with Crippen LogP contribution in [0.1, 0.15) is 18.9 Å². The number of para-hydroxylation sites is 1. The lowest BCUT2D eigenvalue weighted by Gasteiger charge is -2.12. The Morgan fingerprint density at radius 3 is 2.86 bits per heavy atom. The van der Waals surface area contributed by atoms with Crippen LogP contribution in [0.5, 0.6) is 5.88 Å². The van der Waals surface area contributed by atoms with Gasteiger partial charge in [0.1, 0.15) is 0 Å². The molecule has 3 rings (SSSR count). The molecule has 0 fully saturated rings. The first-order valence-corrected chi connectivity index (χ1v) is 9.35. The molecule has 28 heavy (non-hydrogen) atoms. The van der Waals surface area contributed by atoms with Crippen molar-refractivity contribution in [2.24, 2.45) is 4.99 Å². The highest BCUT2D eigenvalue weighted by Gasteiger charge is 2.02. The van der Waals surface area contributed by atoms with Crippen LogP contribution in [0.25, 0.3) is 10.9 Å². The molecule has 0 bridgehead atoms. The van der Waals surface area contributed by atoms with Gasteiger partial charge in [0.25, 0.3) is 0 Å². The van der Waals surface area contributed by atoms with E-state index in [1.807, 2.05) is 12.1 Å². The maximum Gasteiger partial charge on any atom is 0.213 e. The first-order chi connectivity index (χ1) is 13.3. The topological polar surface area (TPSA) is 63.5 Å². The van der Waals surface area contributed by atoms with E-state index < -0.39 is 0 Å². The highest BCUT2D eigenvalue weighted by atomic mass is 127. The zero-order valence-corrected chi connectivity index (χ0v) is 18.7. The number of benzene rings is 1. The Balaban J connectivity index is 0.00000280. The van der Waals surface area contributed by atoms with Gasteiger partial charge in [-0.2, -0.15) is 0 Å². The zero-order chi connectivity index (χ0) is 18.9. The zero-order valence-electron chi connectivity index (χ0n) is 16.4. The molecule has 2 heterocycles. The number of halogens is 1. The predicted molar refractivity (Wildman–Crippen MR) is 126 cm³/mol. The standard InChI is InChI=1S/C21H27N5O.HI/c1-3-22-21(25-16-17-9-12-23-20(15-17)27-2)24-11-6-13-26-14-10-18-7-4-5-8-19(18)26;/h4-5,7-10,12,14-15H,3,6,11,13,16H2,1-2H3,(H2,22,24,25);1H. The molecule has 0 amide bonds. The smallest absolute Gasteiger partial charge is 0.213 e. The number of ether oxygens (including phenoxy) is 1. The van der Waals surface area contributed by atoms with Gasteiger partial charge in [-0.1, -0.05) is 18.2 Å². The molecule has 0 unspecified atom stereocenters. The molecule has 0 saturated heterocycles. The lowest BCUT2D eigenvalue weighted by Crippen LogP contribution is -2.38. The second-order valence-electron chi connectivity index (χ2n) is 6.25. The molecule has 0 radical (unpaired) electrons.